The van der Waals surface area contributed by atoms with Crippen LogP contribution in [0.15, 0.2) is 24.3 Å². The second-order valence-electron chi connectivity index (χ2n) is 4.59. The zero-order valence-corrected chi connectivity index (χ0v) is 12.7. The van der Waals surface area contributed by atoms with Crippen molar-refractivity contribution in [1.82, 2.24) is 4.90 Å². The molecule has 0 aromatic heterocycles. The van der Waals surface area contributed by atoms with Crippen molar-refractivity contribution in [2.45, 2.75) is 6.42 Å². The number of rotatable bonds is 7. The Morgan fingerprint density at radius 1 is 1.26 bits per heavy atom. The Kier molecular flexibility index (Phi) is 5.97. The van der Waals surface area contributed by atoms with Crippen LogP contribution in [0, 0.1) is 0 Å². The predicted octanol–water partition coefficient (Wildman–Crippen LogP) is 1.89. The topological polar surface area (TPSA) is 54.5 Å². The molecule has 0 fully saturated rings. The number of ketones is 1. The summed E-state index contributed by atoms with van der Waals surface area (Å²) in [6.45, 7) is 0.939. The van der Waals surface area contributed by atoms with Gasteiger partial charge < -0.3 is 4.90 Å². The van der Waals surface area contributed by atoms with E-state index in [0.717, 1.165) is 0 Å². The molecular formula is C13H18ClNO3S. The summed E-state index contributed by atoms with van der Waals surface area (Å²) in [5, 5.41) is 0.450. The Morgan fingerprint density at radius 2 is 1.89 bits per heavy atom. The van der Waals surface area contributed by atoms with Crippen molar-refractivity contribution in [3.8, 4) is 0 Å². The molecule has 0 spiro atoms. The minimum atomic E-state index is -2.96. The molecule has 0 heterocycles. The number of halogens is 1. The van der Waals surface area contributed by atoms with Crippen LogP contribution in [0.2, 0.25) is 5.02 Å². The number of hydrogen-bond donors (Lipinski definition) is 0. The monoisotopic (exact) mass is 303 g/mol. The van der Waals surface area contributed by atoms with Crippen LogP contribution in [0.1, 0.15) is 16.8 Å². The molecule has 0 N–H and O–H groups in total. The second kappa shape index (κ2) is 7.03. The molecule has 0 aliphatic carbocycles. The van der Waals surface area contributed by atoms with Crippen LogP contribution in [0.5, 0.6) is 0 Å². The number of sulfone groups is 1. The van der Waals surface area contributed by atoms with Crippen LogP contribution >= 0.6 is 11.6 Å². The third-order valence-electron chi connectivity index (χ3n) is 2.74. The van der Waals surface area contributed by atoms with Gasteiger partial charge in [-0.3, -0.25) is 4.79 Å². The quantitative estimate of drug-likeness (QED) is 0.722. The van der Waals surface area contributed by atoms with E-state index in [2.05, 4.69) is 0 Å². The Bertz CT molecular complexity index is 543. The van der Waals surface area contributed by atoms with Crippen LogP contribution in [0.3, 0.4) is 0 Å². The molecule has 4 nitrogen and oxygen atoms in total. The maximum Gasteiger partial charge on any atom is 0.165 e. The summed E-state index contributed by atoms with van der Waals surface area (Å²) in [5.41, 5.74) is 0.515. The average Bonchev–Trinajstić information content (AvgIpc) is 2.33. The number of hydrogen-bond acceptors (Lipinski definition) is 4. The van der Waals surface area contributed by atoms with Crippen LogP contribution < -0.4 is 0 Å². The van der Waals surface area contributed by atoms with Gasteiger partial charge in [-0.2, -0.15) is 0 Å². The summed E-state index contributed by atoms with van der Waals surface area (Å²) in [5.74, 6) is 0.0702. The zero-order valence-electron chi connectivity index (χ0n) is 11.1. The number of carbonyl (C=O) groups excluding carboxylic acids is 1. The lowest BCUT2D eigenvalue weighted by atomic mass is 10.1. The fourth-order valence-electron chi connectivity index (χ4n) is 1.55. The first-order valence-corrected chi connectivity index (χ1v) is 8.37. The van der Waals surface area contributed by atoms with Crippen molar-refractivity contribution >= 4 is 27.2 Å². The highest BCUT2D eigenvalue weighted by molar-refractivity contribution is 7.90. The molecule has 0 saturated heterocycles. The van der Waals surface area contributed by atoms with Gasteiger partial charge in [0, 0.05) is 31.3 Å². The first kappa shape index (κ1) is 16.1. The maximum absolute atomic E-state index is 11.9. The summed E-state index contributed by atoms with van der Waals surface area (Å²) >= 11 is 5.94. The molecule has 0 bridgehead atoms. The van der Waals surface area contributed by atoms with Gasteiger partial charge in [0.05, 0.1) is 10.8 Å². The van der Waals surface area contributed by atoms with Gasteiger partial charge in [-0.05, 0) is 19.2 Å². The van der Waals surface area contributed by atoms with Gasteiger partial charge >= 0.3 is 0 Å². The maximum atomic E-state index is 11.9. The van der Waals surface area contributed by atoms with E-state index in [1.165, 1.54) is 6.26 Å². The van der Waals surface area contributed by atoms with E-state index in [-0.39, 0.29) is 11.5 Å². The van der Waals surface area contributed by atoms with Gasteiger partial charge in [-0.25, -0.2) is 8.42 Å². The smallest absolute Gasteiger partial charge is 0.165 e. The van der Waals surface area contributed by atoms with Crippen LogP contribution in [0.25, 0.3) is 0 Å². The highest BCUT2D eigenvalue weighted by Gasteiger charge is 2.11. The molecule has 1 aromatic carbocycles. The van der Waals surface area contributed by atoms with Crippen molar-refractivity contribution in [2.24, 2.45) is 0 Å². The molecule has 0 saturated carbocycles. The van der Waals surface area contributed by atoms with Crippen molar-refractivity contribution in [1.29, 1.82) is 0 Å². The molecule has 0 aliphatic rings. The Morgan fingerprint density at radius 3 is 2.47 bits per heavy atom. The molecule has 0 atom stereocenters. The molecule has 1 rings (SSSR count). The number of nitrogens with zero attached hydrogens (tertiary/aromatic N) is 1. The van der Waals surface area contributed by atoms with Crippen molar-refractivity contribution < 1.29 is 13.2 Å². The fraction of sp³-hybridized carbons (Fsp3) is 0.462. The predicted molar refractivity (Wildman–Crippen MR) is 77.6 cm³/mol. The van der Waals surface area contributed by atoms with Gasteiger partial charge in [-0.1, -0.05) is 23.7 Å². The van der Waals surface area contributed by atoms with E-state index in [1.807, 2.05) is 4.90 Å². The summed E-state index contributed by atoms with van der Waals surface area (Å²) < 4.78 is 22.1. The third-order valence-corrected chi connectivity index (χ3v) is 3.99. The summed E-state index contributed by atoms with van der Waals surface area (Å²) in [6.07, 6.45) is 1.53. The molecule has 19 heavy (non-hydrogen) atoms. The minimum Gasteiger partial charge on any atom is -0.305 e. The van der Waals surface area contributed by atoms with Crippen molar-refractivity contribution in [3.63, 3.8) is 0 Å². The summed E-state index contributed by atoms with van der Waals surface area (Å²) in [6, 6.07) is 6.92. The van der Waals surface area contributed by atoms with Gasteiger partial charge in [0.1, 0.15) is 9.84 Å². The van der Waals surface area contributed by atoms with E-state index in [0.29, 0.717) is 30.1 Å². The van der Waals surface area contributed by atoms with Gasteiger partial charge in [0.15, 0.2) is 5.78 Å². The molecule has 106 valence electrons. The highest BCUT2D eigenvalue weighted by atomic mass is 35.5. The fourth-order valence-corrected chi connectivity index (χ4v) is 2.43. The molecule has 1 aromatic rings. The van der Waals surface area contributed by atoms with Crippen LogP contribution in [-0.2, 0) is 9.84 Å². The second-order valence-corrected chi connectivity index (χ2v) is 7.25. The van der Waals surface area contributed by atoms with E-state index in [9.17, 15) is 13.2 Å². The lowest BCUT2D eigenvalue weighted by Crippen LogP contribution is -2.27. The van der Waals surface area contributed by atoms with Crippen molar-refractivity contribution in [2.75, 3.05) is 32.1 Å². The molecule has 0 aliphatic heterocycles. The van der Waals surface area contributed by atoms with E-state index >= 15 is 0 Å². The molecular weight excluding hydrogens is 286 g/mol. The largest absolute Gasteiger partial charge is 0.305 e. The molecule has 6 heteroatoms. The minimum absolute atomic E-state index is 0.0307. The number of carbonyl (C=O) groups is 1. The summed E-state index contributed by atoms with van der Waals surface area (Å²) in [4.78, 5) is 13.8. The van der Waals surface area contributed by atoms with E-state index in [1.54, 1.807) is 31.3 Å². The van der Waals surface area contributed by atoms with Gasteiger partial charge in [0.25, 0.3) is 0 Å². The highest BCUT2D eigenvalue weighted by Crippen LogP contribution is 2.16. The normalized spacial score (nSPS) is 11.8. The zero-order chi connectivity index (χ0) is 14.5. The average molecular weight is 304 g/mol. The lowest BCUT2D eigenvalue weighted by molar-refractivity contribution is 0.0970. The Labute approximate surface area is 119 Å². The Balaban J connectivity index is 2.45. The van der Waals surface area contributed by atoms with Crippen molar-refractivity contribution in [3.05, 3.63) is 34.9 Å². The van der Waals surface area contributed by atoms with E-state index in [4.69, 9.17) is 11.6 Å². The SMILES string of the molecule is CN(CCC(=O)c1ccccc1Cl)CCS(C)(=O)=O. The first-order valence-electron chi connectivity index (χ1n) is 5.93. The van der Waals surface area contributed by atoms with Crippen LogP contribution in [0.4, 0.5) is 0 Å². The summed E-state index contributed by atoms with van der Waals surface area (Å²) in [7, 11) is -1.17. The Hall–Kier alpha value is -0.910. The standard InChI is InChI=1S/C13H18ClNO3S/c1-15(9-10-19(2,17)18)8-7-13(16)11-5-3-4-6-12(11)14/h3-6H,7-10H2,1-2H3. The molecule has 0 amide bonds. The first-order chi connectivity index (χ1) is 8.79. The van der Waals surface area contributed by atoms with E-state index < -0.39 is 9.84 Å². The molecule has 0 radical (unpaired) electrons. The number of benzene rings is 1. The van der Waals surface area contributed by atoms with Gasteiger partial charge in [0.2, 0.25) is 0 Å². The lowest BCUT2D eigenvalue weighted by Gasteiger charge is -2.15. The number of Topliss-reactive ketones (excluding diaryl/α,β-unsaturated/α-hetero) is 1. The van der Waals surface area contributed by atoms with Crippen LogP contribution in [-0.4, -0.2) is 51.2 Å². The van der Waals surface area contributed by atoms with Gasteiger partial charge in [-0.15, -0.1) is 0 Å². The third kappa shape index (κ3) is 6.18. The molecule has 0 unspecified atom stereocenters.